The maximum Gasteiger partial charge on any atom is 0.133 e. The first-order valence-electron chi connectivity index (χ1n) is 2.45. The van der Waals surface area contributed by atoms with Crippen LogP contribution >= 0.6 is 0 Å². The van der Waals surface area contributed by atoms with E-state index >= 15 is 0 Å². The quantitative estimate of drug-likeness (QED) is 0.476. The van der Waals surface area contributed by atoms with Crippen molar-refractivity contribution in [3.63, 3.8) is 0 Å². The van der Waals surface area contributed by atoms with E-state index in [-0.39, 0.29) is 12.4 Å². The first-order chi connectivity index (χ1) is 3.83. The van der Waals surface area contributed by atoms with Gasteiger partial charge in [0.2, 0.25) is 0 Å². The Morgan fingerprint density at radius 3 is 2.67 bits per heavy atom. The van der Waals surface area contributed by atoms with Gasteiger partial charge < -0.3 is 22.7 Å². The van der Waals surface area contributed by atoms with Crippen LogP contribution in [0.15, 0.2) is 10.6 Å². The summed E-state index contributed by atoms with van der Waals surface area (Å²) in [7, 11) is 0. The van der Waals surface area contributed by atoms with Crippen LogP contribution in [0.4, 0.5) is 0 Å². The van der Waals surface area contributed by atoms with Gasteiger partial charge in [0.1, 0.15) is 5.76 Å². The molecule has 0 radical (unpaired) electrons. The number of hydrogen-bond donors (Lipinski definition) is 1. The molecule has 1 aromatic heterocycles. The average Bonchev–Trinajstić information content (AvgIpc) is 2.14. The van der Waals surface area contributed by atoms with Crippen LogP contribution in [0.2, 0.25) is 0 Å². The van der Waals surface area contributed by atoms with Gasteiger partial charge in [-0.2, -0.15) is 0 Å². The highest BCUT2D eigenvalue weighted by molar-refractivity contribution is 5.02. The molecule has 0 spiro atoms. The summed E-state index contributed by atoms with van der Waals surface area (Å²) < 4.78 is 4.73. The summed E-state index contributed by atoms with van der Waals surface area (Å²) in [5.41, 5.74) is 6.05. The lowest BCUT2D eigenvalue weighted by molar-refractivity contribution is -0.00000236. The second kappa shape index (κ2) is 3.48. The average molecular weight is 148 g/mol. The van der Waals surface area contributed by atoms with E-state index in [1.165, 1.54) is 0 Å². The third-order valence-corrected chi connectivity index (χ3v) is 0.886. The maximum absolute atomic E-state index is 5.24. The van der Waals surface area contributed by atoms with Gasteiger partial charge in [-0.05, 0) is 6.92 Å². The SMILES string of the molecule is Cc1cc(CN)no1.[Cl-]. The molecular formula is C5H8ClN2O-. The largest absolute Gasteiger partial charge is 1.00 e. The molecule has 2 N–H and O–H groups in total. The topological polar surface area (TPSA) is 52.0 Å². The monoisotopic (exact) mass is 147 g/mol. The van der Waals surface area contributed by atoms with Crippen LogP contribution in [-0.4, -0.2) is 5.16 Å². The molecule has 0 amide bonds. The molecule has 3 nitrogen and oxygen atoms in total. The lowest BCUT2D eigenvalue weighted by Gasteiger charge is -1.76. The van der Waals surface area contributed by atoms with Gasteiger partial charge in [0, 0.05) is 12.6 Å². The van der Waals surface area contributed by atoms with E-state index in [2.05, 4.69) is 5.16 Å². The maximum atomic E-state index is 5.24. The van der Waals surface area contributed by atoms with E-state index in [4.69, 9.17) is 10.3 Å². The number of hydrogen-bond acceptors (Lipinski definition) is 3. The number of rotatable bonds is 1. The fourth-order valence-corrected chi connectivity index (χ4v) is 0.514. The molecule has 52 valence electrons. The molecule has 0 bridgehead atoms. The molecule has 1 heterocycles. The number of nitrogens with zero attached hydrogens (tertiary/aromatic N) is 1. The molecule has 0 atom stereocenters. The van der Waals surface area contributed by atoms with Crippen molar-refractivity contribution in [2.75, 3.05) is 0 Å². The summed E-state index contributed by atoms with van der Waals surface area (Å²) >= 11 is 0. The fourth-order valence-electron chi connectivity index (χ4n) is 0.514. The Morgan fingerprint density at radius 1 is 1.78 bits per heavy atom. The Hall–Kier alpha value is -0.540. The van der Waals surface area contributed by atoms with Gasteiger partial charge in [-0.1, -0.05) is 5.16 Å². The zero-order valence-electron chi connectivity index (χ0n) is 5.10. The number of aryl methyl sites for hydroxylation is 1. The third-order valence-electron chi connectivity index (χ3n) is 0.886. The molecule has 0 aromatic carbocycles. The number of nitrogens with two attached hydrogens (primary N) is 1. The molecule has 1 aromatic rings. The second-order valence-electron chi connectivity index (χ2n) is 1.63. The Kier molecular flexibility index (Phi) is 3.27. The second-order valence-corrected chi connectivity index (χ2v) is 1.63. The normalized spacial score (nSPS) is 8.67. The van der Waals surface area contributed by atoms with Crippen LogP contribution in [0.3, 0.4) is 0 Å². The summed E-state index contributed by atoms with van der Waals surface area (Å²) in [6.07, 6.45) is 0. The van der Waals surface area contributed by atoms with Crippen LogP contribution in [0.1, 0.15) is 11.5 Å². The molecule has 9 heavy (non-hydrogen) atoms. The van der Waals surface area contributed by atoms with Crippen molar-refractivity contribution < 1.29 is 16.9 Å². The molecule has 0 saturated heterocycles. The zero-order chi connectivity index (χ0) is 5.98. The number of halogens is 1. The summed E-state index contributed by atoms with van der Waals surface area (Å²) in [6.45, 7) is 2.30. The predicted octanol–water partition coefficient (Wildman–Crippen LogP) is -2.55. The molecule has 0 aliphatic rings. The standard InChI is InChI=1S/C5H8N2O.ClH/c1-4-2-5(3-6)7-8-4;/h2H,3,6H2,1H3;1H/p-1. The van der Waals surface area contributed by atoms with Crippen molar-refractivity contribution in [3.05, 3.63) is 17.5 Å². The molecule has 0 aliphatic carbocycles. The van der Waals surface area contributed by atoms with Gasteiger partial charge in [-0.25, -0.2) is 0 Å². The van der Waals surface area contributed by atoms with Gasteiger partial charge in [-0.3, -0.25) is 0 Å². The van der Waals surface area contributed by atoms with Gasteiger partial charge in [0.05, 0.1) is 5.69 Å². The van der Waals surface area contributed by atoms with Gasteiger partial charge in [0.15, 0.2) is 0 Å². The molecule has 0 unspecified atom stereocenters. The first-order valence-corrected chi connectivity index (χ1v) is 2.45. The van der Waals surface area contributed by atoms with Crippen molar-refractivity contribution in [3.8, 4) is 0 Å². The zero-order valence-corrected chi connectivity index (χ0v) is 5.85. The van der Waals surface area contributed by atoms with Gasteiger partial charge in [0.25, 0.3) is 0 Å². The summed E-state index contributed by atoms with van der Waals surface area (Å²) in [5.74, 6) is 0.811. The van der Waals surface area contributed by atoms with Crippen molar-refractivity contribution in [1.29, 1.82) is 0 Å². The van der Waals surface area contributed by atoms with Crippen LogP contribution < -0.4 is 18.1 Å². The molecule has 1 rings (SSSR count). The van der Waals surface area contributed by atoms with Gasteiger partial charge >= 0.3 is 0 Å². The van der Waals surface area contributed by atoms with Crippen LogP contribution in [0, 0.1) is 6.92 Å². The Morgan fingerprint density at radius 2 is 2.44 bits per heavy atom. The Balaban J connectivity index is 0.000000640. The Bertz CT molecular complexity index is 175. The predicted molar refractivity (Wildman–Crippen MR) is 29.1 cm³/mol. The third kappa shape index (κ3) is 2.03. The highest BCUT2D eigenvalue weighted by atomic mass is 35.5. The molecule has 0 saturated carbocycles. The Labute approximate surface area is 59.6 Å². The van der Waals surface area contributed by atoms with E-state index < -0.39 is 0 Å². The van der Waals surface area contributed by atoms with Crippen LogP contribution in [-0.2, 0) is 6.54 Å². The van der Waals surface area contributed by atoms with E-state index in [9.17, 15) is 0 Å². The van der Waals surface area contributed by atoms with E-state index in [0.29, 0.717) is 6.54 Å². The first kappa shape index (κ1) is 8.46. The minimum Gasteiger partial charge on any atom is -1.00 e. The minimum absolute atomic E-state index is 0. The smallest absolute Gasteiger partial charge is 0.133 e. The lowest BCUT2D eigenvalue weighted by atomic mass is 10.4. The summed E-state index contributed by atoms with van der Waals surface area (Å²) in [5, 5.41) is 3.63. The van der Waals surface area contributed by atoms with Gasteiger partial charge in [-0.15, -0.1) is 0 Å². The number of aromatic nitrogens is 1. The molecule has 0 fully saturated rings. The summed E-state index contributed by atoms with van der Waals surface area (Å²) in [4.78, 5) is 0. The molecular weight excluding hydrogens is 140 g/mol. The van der Waals surface area contributed by atoms with E-state index in [0.717, 1.165) is 11.5 Å². The highest BCUT2D eigenvalue weighted by Crippen LogP contribution is 1.98. The summed E-state index contributed by atoms with van der Waals surface area (Å²) in [6, 6.07) is 1.82. The fraction of sp³-hybridized carbons (Fsp3) is 0.400. The molecule has 4 heteroatoms. The minimum atomic E-state index is 0. The van der Waals surface area contributed by atoms with Crippen LogP contribution in [0.5, 0.6) is 0 Å². The van der Waals surface area contributed by atoms with E-state index in [1.54, 1.807) is 0 Å². The van der Waals surface area contributed by atoms with Crippen molar-refractivity contribution in [2.45, 2.75) is 13.5 Å². The molecule has 0 aliphatic heterocycles. The van der Waals surface area contributed by atoms with Crippen molar-refractivity contribution in [1.82, 2.24) is 5.16 Å². The van der Waals surface area contributed by atoms with Crippen molar-refractivity contribution >= 4 is 0 Å². The highest BCUT2D eigenvalue weighted by Gasteiger charge is 1.93. The van der Waals surface area contributed by atoms with Crippen molar-refractivity contribution in [2.24, 2.45) is 5.73 Å². The lowest BCUT2D eigenvalue weighted by Crippen LogP contribution is -3.00. The van der Waals surface area contributed by atoms with Crippen LogP contribution in [0.25, 0.3) is 0 Å². The van der Waals surface area contributed by atoms with E-state index in [1.807, 2.05) is 13.0 Å².